The fraction of sp³-hybridized carbons (Fsp3) is 0.417. The summed E-state index contributed by atoms with van der Waals surface area (Å²) in [4.78, 5) is 27.2. The van der Waals surface area contributed by atoms with E-state index in [9.17, 15) is 18.0 Å². The summed E-state index contributed by atoms with van der Waals surface area (Å²) in [5.41, 5.74) is 3.07. The van der Waals surface area contributed by atoms with E-state index in [2.05, 4.69) is 5.32 Å². The first-order valence-corrected chi connectivity index (χ1v) is 12.6. The minimum absolute atomic E-state index is 0.0631. The molecule has 2 aromatic rings. The molecular formula is C24H28N2O4S. The molecule has 1 fully saturated rings. The fourth-order valence-corrected chi connectivity index (χ4v) is 5.70. The van der Waals surface area contributed by atoms with Crippen molar-refractivity contribution in [1.82, 2.24) is 4.90 Å². The van der Waals surface area contributed by atoms with Gasteiger partial charge in [0.1, 0.15) is 0 Å². The van der Waals surface area contributed by atoms with Crippen molar-refractivity contribution in [1.29, 1.82) is 0 Å². The number of rotatable bonds is 6. The van der Waals surface area contributed by atoms with Gasteiger partial charge in [0.05, 0.1) is 16.6 Å². The number of carbonyl (C=O) groups is 2. The molecule has 0 aromatic heterocycles. The SMILES string of the molecule is O=C(Nc1ccccc1)C1CCCN(C(=O)CCS(=O)(=O)c2ccc3c(c2)CCC3)C1. The molecule has 0 saturated carbocycles. The van der Waals surface area contributed by atoms with Crippen molar-refractivity contribution in [3.8, 4) is 0 Å². The number of nitrogens with zero attached hydrogens (tertiary/aromatic N) is 1. The lowest BCUT2D eigenvalue weighted by atomic mass is 9.96. The summed E-state index contributed by atoms with van der Waals surface area (Å²) in [6, 6.07) is 14.6. The predicted molar refractivity (Wildman–Crippen MR) is 120 cm³/mol. The molecule has 164 valence electrons. The van der Waals surface area contributed by atoms with Gasteiger partial charge in [-0.2, -0.15) is 0 Å². The molecule has 0 radical (unpaired) electrons. The van der Waals surface area contributed by atoms with Crippen molar-refractivity contribution in [2.45, 2.75) is 43.4 Å². The molecule has 1 saturated heterocycles. The minimum Gasteiger partial charge on any atom is -0.342 e. The van der Waals surface area contributed by atoms with Crippen LogP contribution in [0.2, 0.25) is 0 Å². The third kappa shape index (κ3) is 5.15. The highest BCUT2D eigenvalue weighted by Crippen LogP contribution is 2.26. The van der Waals surface area contributed by atoms with Gasteiger partial charge in [0, 0.05) is 25.2 Å². The zero-order chi connectivity index (χ0) is 21.8. The number of piperidine rings is 1. The summed E-state index contributed by atoms with van der Waals surface area (Å²) in [6.07, 6.45) is 4.36. The molecule has 1 aliphatic heterocycles. The third-order valence-corrected chi connectivity index (χ3v) is 7.91. The molecule has 7 heteroatoms. The molecule has 6 nitrogen and oxygen atoms in total. The second-order valence-electron chi connectivity index (χ2n) is 8.39. The van der Waals surface area contributed by atoms with Crippen LogP contribution < -0.4 is 5.32 Å². The monoisotopic (exact) mass is 440 g/mol. The summed E-state index contributed by atoms with van der Waals surface area (Å²) >= 11 is 0. The van der Waals surface area contributed by atoms with Crippen LogP contribution in [0.5, 0.6) is 0 Å². The van der Waals surface area contributed by atoms with Gasteiger partial charge in [0.2, 0.25) is 11.8 Å². The summed E-state index contributed by atoms with van der Waals surface area (Å²) in [5, 5.41) is 2.90. The minimum atomic E-state index is -3.51. The maximum absolute atomic E-state index is 12.8. The Balaban J connectivity index is 1.33. The number of sulfone groups is 1. The zero-order valence-corrected chi connectivity index (χ0v) is 18.4. The second kappa shape index (κ2) is 9.22. The van der Waals surface area contributed by atoms with E-state index in [1.807, 2.05) is 36.4 Å². The molecule has 1 unspecified atom stereocenters. The fourth-order valence-electron chi connectivity index (χ4n) is 4.42. The Morgan fingerprint density at radius 2 is 1.77 bits per heavy atom. The molecule has 1 aliphatic carbocycles. The summed E-state index contributed by atoms with van der Waals surface area (Å²) in [7, 11) is -3.51. The van der Waals surface area contributed by atoms with Crippen LogP contribution in [-0.4, -0.2) is 44.0 Å². The van der Waals surface area contributed by atoms with E-state index in [-0.39, 0.29) is 29.9 Å². The van der Waals surface area contributed by atoms with Gasteiger partial charge in [-0.15, -0.1) is 0 Å². The van der Waals surface area contributed by atoms with Crippen molar-refractivity contribution in [3.05, 3.63) is 59.7 Å². The van der Waals surface area contributed by atoms with Crippen LogP contribution in [0.4, 0.5) is 5.69 Å². The van der Waals surface area contributed by atoms with Gasteiger partial charge < -0.3 is 10.2 Å². The Hall–Kier alpha value is -2.67. The van der Waals surface area contributed by atoms with Crippen LogP contribution in [0.25, 0.3) is 0 Å². The number of benzene rings is 2. The number of likely N-dealkylation sites (tertiary alicyclic amines) is 1. The van der Waals surface area contributed by atoms with Crippen LogP contribution in [0.3, 0.4) is 0 Å². The summed E-state index contributed by atoms with van der Waals surface area (Å²) in [6.45, 7) is 0.892. The van der Waals surface area contributed by atoms with Crippen LogP contribution >= 0.6 is 0 Å². The molecule has 4 rings (SSSR count). The molecule has 1 N–H and O–H groups in total. The molecular weight excluding hydrogens is 412 g/mol. The maximum atomic E-state index is 12.8. The average molecular weight is 441 g/mol. The largest absolute Gasteiger partial charge is 0.342 e. The van der Waals surface area contributed by atoms with Gasteiger partial charge in [-0.25, -0.2) is 8.42 Å². The number of para-hydroxylation sites is 1. The van der Waals surface area contributed by atoms with E-state index < -0.39 is 9.84 Å². The van der Waals surface area contributed by atoms with Crippen molar-refractivity contribution < 1.29 is 18.0 Å². The van der Waals surface area contributed by atoms with Gasteiger partial charge in [-0.05, 0) is 67.5 Å². The predicted octanol–water partition coefficient (Wildman–Crippen LogP) is 3.22. The van der Waals surface area contributed by atoms with Crippen molar-refractivity contribution in [3.63, 3.8) is 0 Å². The number of aryl methyl sites for hydroxylation is 2. The smallest absolute Gasteiger partial charge is 0.229 e. The van der Waals surface area contributed by atoms with Gasteiger partial charge in [0.15, 0.2) is 9.84 Å². The highest BCUT2D eigenvalue weighted by molar-refractivity contribution is 7.91. The average Bonchev–Trinajstić information content (AvgIpc) is 3.26. The standard InChI is InChI=1S/C24H28N2O4S/c27-23(13-15-31(29,30)22-12-11-18-6-4-7-19(18)16-22)26-14-5-8-20(17-26)24(28)25-21-9-2-1-3-10-21/h1-3,9-12,16,20H,4-8,13-15,17H2,(H,25,28). The first kappa shape index (κ1) is 21.6. The summed E-state index contributed by atoms with van der Waals surface area (Å²) < 4.78 is 25.5. The van der Waals surface area contributed by atoms with E-state index in [0.29, 0.717) is 18.0 Å². The van der Waals surface area contributed by atoms with Crippen LogP contribution in [0.1, 0.15) is 36.8 Å². The number of amides is 2. The first-order chi connectivity index (χ1) is 14.9. The molecule has 1 heterocycles. The van der Waals surface area contributed by atoms with Crippen molar-refractivity contribution in [2.75, 3.05) is 24.2 Å². The Morgan fingerprint density at radius 1 is 1.00 bits per heavy atom. The Morgan fingerprint density at radius 3 is 2.58 bits per heavy atom. The molecule has 1 atom stereocenters. The number of anilines is 1. The number of carbonyl (C=O) groups excluding carboxylic acids is 2. The zero-order valence-electron chi connectivity index (χ0n) is 17.5. The second-order valence-corrected chi connectivity index (χ2v) is 10.5. The number of hydrogen-bond acceptors (Lipinski definition) is 4. The third-order valence-electron chi connectivity index (χ3n) is 6.20. The topological polar surface area (TPSA) is 83.6 Å². The lowest BCUT2D eigenvalue weighted by Crippen LogP contribution is -2.44. The Bertz CT molecular complexity index is 1070. The molecule has 2 aliphatic rings. The highest BCUT2D eigenvalue weighted by atomic mass is 32.2. The van der Waals surface area contributed by atoms with Crippen LogP contribution in [-0.2, 0) is 32.3 Å². The lowest BCUT2D eigenvalue weighted by molar-refractivity contribution is -0.134. The van der Waals surface area contributed by atoms with Gasteiger partial charge in [-0.1, -0.05) is 24.3 Å². The first-order valence-electron chi connectivity index (χ1n) is 10.9. The lowest BCUT2D eigenvalue weighted by Gasteiger charge is -2.32. The van der Waals surface area contributed by atoms with Gasteiger partial charge in [-0.3, -0.25) is 9.59 Å². The Labute approximate surface area is 183 Å². The number of hydrogen-bond donors (Lipinski definition) is 1. The number of fused-ring (bicyclic) bond motifs is 1. The van der Waals surface area contributed by atoms with E-state index in [0.717, 1.165) is 43.4 Å². The van der Waals surface area contributed by atoms with Crippen LogP contribution in [0.15, 0.2) is 53.4 Å². The van der Waals surface area contributed by atoms with E-state index in [4.69, 9.17) is 0 Å². The molecule has 31 heavy (non-hydrogen) atoms. The molecule has 2 aromatic carbocycles. The van der Waals surface area contributed by atoms with E-state index >= 15 is 0 Å². The van der Waals surface area contributed by atoms with E-state index in [1.165, 1.54) is 5.56 Å². The summed E-state index contributed by atoms with van der Waals surface area (Å²) in [5.74, 6) is -0.801. The van der Waals surface area contributed by atoms with Crippen molar-refractivity contribution >= 4 is 27.3 Å². The van der Waals surface area contributed by atoms with Gasteiger partial charge >= 0.3 is 0 Å². The normalized spacial score (nSPS) is 18.5. The van der Waals surface area contributed by atoms with E-state index in [1.54, 1.807) is 17.0 Å². The maximum Gasteiger partial charge on any atom is 0.229 e. The Kier molecular flexibility index (Phi) is 6.41. The van der Waals surface area contributed by atoms with Crippen LogP contribution in [0, 0.1) is 5.92 Å². The highest BCUT2D eigenvalue weighted by Gasteiger charge is 2.29. The quantitative estimate of drug-likeness (QED) is 0.748. The van der Waals surface area contributed by atoms with Crippen molar-refractivity contribution in [2.24, 2.45) is 5.92 Å². The van der Waals surface area contributed by atoms with Gasteiger partial charge in [0.25, 0.3) is 0 Å². The molecule has 0 bridgehead atoms. The number of nitrogens with one attached hydrogen (secondary N) is 1. The molecule has 0 spiro atoms. The molecule has 2 amide bonds.